The van der Waals surface area contributed by atoms with Gasteiger partial charge in [0.2, 0.25) is 5.88 Å². The standard InChI is InChI=1S/C15H17ClN4O2/c16-13-12(9-19-20-14(13)21)18-8-10-4-3-7-17-15(10)22-11-5-1-2-6-11/h3-4,7,9,11H,1-2,5-6,8H2,(H2,18,20,21). The van der Waals surface area contributed by atoms with E-state index in [0.717, 1.165) is 18.4 Å². The lowest BCUT2D eigenvalue weighted by Gasteiger charge is -2.15. The van der Waals surface area contributed by atoms with E-state index < -0.39 is 5.56 Å². The number of hydrogen-bond donors (Lipinski definition) is 2. The first-order valence-corrected chi connectivity index (χ1v) is 7.69. The van der Waals surface area contributed by atoms with Crippen LogP contribution in [0.2, 0.25) is 5.02 Å². The van der Waals surface area contributed by atoms with Crippen LogP contribution in [0.15, 0.2) is 29.3 Å². The maximum absolute atomic E-state index is 11.4. The highest BCUT2D eigenvalue weighted by Crippen LogP contribution is 2.25. The lowest BCUT2D eigenvalue weighted by molar-refractivity contribution is 0.199. The molecule has 0 aliphatic heterocycles. The molecule has 1 aliphatic carbocycles. The Morgan fingerprint density at radius 3 is 3.05 bits per heavy atom. The van der Waals surface area contributed by atoms with E-state index in [1.54, 1.807) is 6.20 Å². The first-order valence-electron chi connectivity index (χ1n) is 7.31. The Kier molecular flexibility index (Phi) is 4.58. The van der Waals surface area contributed by atoms with Crippen molar-refractivity contribution >= 4 is 17.3 Å². The van der Waals surface area contributed by atoms with Gasteiger partial charge in [0.25, 0.3) is 5.56 Å². The van der Waals surface area contributed by atoms with E-state index >= 15 is 0 Å². The molecular formula is C15H17ClN4O2. The number of rotatable bonds is 5. The van der Waals surface area contributed by atoms with Gasteiger partial charge >= 0.3 is 0 Å². The zero-order valence-corrected chi connectivity index (χ0v) is 12.8. The molecule has 2 aromatic heterocycles. The molecule has 6 nitrogen and oxygen atoms in total. The average molecular weight is 321 g/mol. The lowest BCUT2D eigenvalue weighted by atomic mass is 10.2. The summed E-state index contributed by atoms with van der Waals surface area (Å²) < 4.78 is 5.98. The second-order valence-corrected chi connectivity index (χ2v) is 5.65. The van der Waals surface area contributed by atoms with Crippen LogP contribution in [0.3, 0.4) is 0 Å². The van der Waals surface area contributed by atoms with Crippen molar-refractivity contribution < 1.29 is 4.74 Å². The van der Waals surface area contributed by atoms with Crippen molar-refractivity contribution in [3.63, 3.8) is 0 Å². The number of pyridine rings is 1. The van der Waals surface area contributed by atoms with Crippen LogP contribution in [-0.2, 0) is 6.54 Å². The topological polar surface area (TPSA) is 79.9 Å². The number of anilines is 1. The van der Waals surface area contributed by atoms with E-state index in [1.165, 1.54) is 19.0 Å². The van der Waals surface area contributed by atoms with Crippen molar-refractivity contribution in [2.45, 2.75) is 38.3 Å². The third kappa shape index (κ3) is 3.39. The van der Waals surface area contributed by atoms with Gasteiger partial charge in [-0.15, -0.1) is 0 Å². The van der Waals surface area contributed by atoms with Crippen molar-refractivity contribution in [1.82, 2.24) is 15.2 Å². The number of hydrogen-bond acceptors (Lipinski definition) is 5. The van der Waals surface area contributed by atoms with Gasteiger partial charge in [0.05, 0.1) is 11.9 Å². The predicted molar refractivity (Wildman–Crippen MR) is 84.3 cm³/mol. The molecule has 0 saturated heterocycles. The number of ether oxygens (including phenoxy) is 1. The zero-order chi connectivity index (χ0) is 15.4. The molecule has 0 atom stereocenters. The summed E-state index contributed by atoms with van der Waals surface area (Å²) in [5.41, 5.74) is 0.993. The Morgan fingerprint density at radius 2 is 2.23 bits per heavy atom. The summed E-state index contributed by atoms with van der Waals surface area (Å²) in [6.07, 6.45) is 8.02. The Hall–Kier alpha value is -2.08. The molecule has 2 N–H and O–H groups in total. The molecule has 3 rings (SSSR count). The maximum atomic E-state index is 11.4. The van der Waals surface area contributed by atoms with Gasteiger partial charge in [-0.1, -0.05) is 17.7 Å². The molecule has 0 unspecified atom stereocenters. The minimum absolute atomic E-state index is 0.0946. The van der Waals surface area contributed by atoms with Crippen LogP contribution in [0.25, 0.3) is 0 Å². The van der Waals surface area contributed by atoms with Gasteiger partial charge in [-0.2, -0.15) is 5.10 Å². The number of H-pyrrole nitrogens is 1. The fraction of sp³-hybridized carbons (Fsp3) is 0.400. The van der Waals surface area contributed by atoms with E-state index in [2.05, 4.69) is 20.5 Å². The Labute approximate surface area is 132 Å². The molecule has 1 saturated carbocycles. The Morgan fingerprint density at radius 1 is 1.41 bits per heavy atom. The smallest absolute Gasteiger partial charge is 0.285 e. The summed E-state index contributed by atoms with van der Waals surface area (Å²) >= 11 is 5.94. The number of halogens is 1. The van der Waals surface area contributed by atoms with E-state index in [1.807, 2.05) is 12.1 Å². The van der Waals surface area contributed by atoms with Crippen LogP contribution in [0, 0.1) is 0 Å². The van der Waals surface area contributed by atoms with Crippen LogP contribution < -0.4 is 15.6 Å². The van der Waals surface area contributed by atoms with Crippen molar-refractivity contribution in [3.8, 4) is 5.88 Å². The van der Waals surface area contributed by atoms with E-state index in [0.29, 0.717) is 18.1 Å². The van der Waals surface area contributed by atoms with Crippen LogP contribution >= 0.6 is 11.6 Å². The molecular weight excluding hydrogens is 304 g/mol. The molecule has 0 bridgehead atoms. The molecule has 0 radical (unpaired) electrons. The van der Waals surface area contributed by atoms with Crippen molar-refractivity contribution in [1.29, 1.82) is 0 Å². The van der Waals surface area contributed by atoms with Gasteiger partial charge in [0.1, 0.15) is 11.1 Å². The highest BCUT2D eigenvalue weighted by atomic mass is 35.5. The minimum Gasteiger partial charge on any atom is -0.474 e. The molecule has 0 amide bonds. The SMILES string of the molecule is O=c1[nH]ncc(NCc2cccnc2OC2CCCC2)c1Cl. The second kappa shape index (κ2) is 6.79. The summed E-state index contributed by atoms with van der Waals surface area (Å²) in [6, 6.07) is 3.80. The van der Waals surface area contributed by atoms with Gasteiger partial charge in [0, 0.05) is 18.3 Å². The quantitative estimate of drug-likeness (QED) is 0.885. The van der Waals surface area contributed by atoms with E-state index in [4.69, 9.17) is 16.3 Å². The zero-order valence-electron chi connectivity index (χ0n) is 12.0. The largest absolute Gasteiger partial charge is 0.474 e. The van der Waals surface area contributed by atoms with Gasteiger partial charge in [-0.3, -0.25) is 4.79 Å². The molecule has 0 aromatic carbocycles. The maximum Gasteiger partial charge on any atom is 0.285 e. The van der Waals surface area contributed by atoms with Gasteiger partial charge in [-0.05, 0) is 31.7 Å². The summed E-state index contributed by atoms with van der Waals surface area (Å²) in [5, 5.41) is 9.21. The Balaban J connectivity index is 1.72. The van der Waals surface area contributed by atoms with Crippen LogP contribution in [0.4, 0.5) is 5.69 Å². The van der Waals surface area contributed by atoms with Crippen LogP contribution in [0.1, 0.15) is 31.2 Å². The van der Waals surface area contributed by atoms with Crippen molar-refractivity contribution in [3.05, 3.63) is 45.5 Å². The summed E-state index contributed by atoms with van der Waals surface area (Å²) in [6.45, 7) is 0.459. The second-order valence-electron chi connectivity index (χ2n) is 5.27. The van der Waals surface area contributed by atoms with Crippen molar-refractivity contribution in [2.24, 2.45) is 0 Å². The molecule has 0 spiro atoms. The third-order valence-electron chi connectivity index (χ3n) is 3.70. The van der Waals surface area contributed by atoms with E-state index in [-0.39, 0.29) is 11.1 Å². The number of aromatic nitrogens is 3. The van der Waals surface area contributed by atoms with Gasteiger partial charge < -0.3 is 10.1 Å². The lowest BCUT2D eigenvalue weighted by Crippen LogP contribution is -2.15. The van der Waals surface area contributed by atoms with Gasteiger partial charge in [0.15, 0.2) is 0 Å². The Bertz CT molecular complexity index is 698. The first-order chi connectivity index (χ1) is 10.7. The van der Waals surface area contributed by atoms with Crippen LogP contribution in [0.5, 0.6) is 5.88 Å². The molecule has 7 heteroatoms. The van der Waals surface area contributed by atoms with Crippen LogP contribution in [-0.4, -0.2) is 21.3 Å². The first kappa shape index (κ1) is 14.8. The molecule has 2 heterocycles. The number of nitrogens with zero attached hydrogens (tertiary/aromatic N) is 2. The molecule has 22 heavy (non-hydrogen) atoms. The third-order valence-corrected chi connectivity index (χ3v) is 4.07. The fourth-order valence-electron chi connectivity index (χ4n) is 2.53. The van der Waals surface area contributed by atoms with Crippen molar-refractivity contribution in [2.75, 3.05) is 5.32 Å². The summed E-state index contributed by atoms with van der Waals surface area (Å²) in [4.78, 5) is 15.7. The fourth-order valence-corrected chi connectivity index (χ4v) is 2.68. The minimum atomic E-state index is -0.416. The molecule has 1 aliphatic rings. The van der Waals surface area contributed by atoms with Gasteiger partial charge in [-0.25, -0.2) is 10.1 Å². The molecule has 116 valence electrons. The predicted octanol–water partition coefficient (Wildman–Crippen LogP) is 2.75. The molecule has 1 fully saturated rings. The average Bonchev–Trinajstić information content (AvgIpc) is 3.03. The van der Waals surface area contributed by atoms with E-state index in [9.17, 15) is 4.79 Å². The normalized spacial score (nSPS) is 15.0. The monoisotopic (exact) mass is 320 g/mol. The number of aromatic amines is 1. The number of nitrogens with one attached hydrogen (secondary N) is 2. The highest BCUT2D eigenvalue weighted by molar-refractivity contribution is 6.32. The summed E-state index contributed by atoms with van der Waals surface area (Å²) in [7, 11) is 0. The summed E-state index contributed by atoms with van der Waals surface area (Å²) in [5.74, 6) is 0.635. The highest BCUT2D eigenvalue weighted by Gasteiger charge is 2.18. The molecule has 2 aromatic rings.